The van der Waals surface area contributed by atoms with E-state index in [4.69, 9.17) is 21.1 Å². The third-order valence-electron chi connectivity index (χ3n) is 2.33. The predicted molar refractivity (Wildman–Crippen MR) is 67.4 cm³/mol. The monoisotopic (exact) mass is 266 g/mol. The Morgan fingerprint density at radius 2 is 2.28 bits per heavy atom. The molecule has 2 rings (SSSR count). The molecule has 0 aliphatic carbocycles. The fraction of sp³-hybridized carbons (Fsp3) is 0.154. The molecule has 0 fully saturated rings. The van der Waals surface area contributed by atoms with E-state index in [-0.39, 0.29) is 17.9 Å². The van der Waals surface area contributed by atoms with Gasteiger partial charge in [0, 0.05) is 5.02 Å². The summed E-state index contributed by atoms with van der Waals surface area (Å²) >= 11 is 5.84. The lowest BCUT2D eigenvalue weighted by molar-refractivity contribution is -0.138. The van der Waals surface area contributed by atoms with Crippen molar-refractivity contribution in [2.75, 3.05) is 6.61 Å². The van der Waals surface area contributed by atoms with Crippen LogP contribution in [-0.4, -0.2) is 17.7 Å². The van der Waals surface area contributed by atoms with Gasteiger partial charge in [-0.2, -0.15) is 0 Å². The minimum Gasteiger partial charge on any atom is -0.507 e. The summed E-state index contributed by atoms with van der Waals surface area (Å²) in [5.74, 6) is -0.222. The third-order valence-corrected chi connectivity index (χ3v) is 2.57. The highest BCUT2D eigenvalue weighted by molar-refractivity contribution is 6.30. The van der Waals surface area contributed by atoms with Crippen LogP contribution in [0.5, 0.6) is 5.75 Å². The highest BCUT2D eigenvalue weighted by Gasteiger charge is 2.17. The van der Waals surface area contributed by atoms with Gasteiger partial charge in [-0.1, -0.05) is 11.6 Å². The first kappa shape index (κ1) is 12.5. The molecule has 0 saturated carbocycles. The van der Waals surface area contributed by atoms with Crippen molar-refractivity contribution in [2.24, 2.45) is 0 Å². The molecule has 4 nitrogen and oxygen atoms in total. The maximum atomic E-state index is 11.6. The lowest BCUT2D eigenvalue weighted by Crippen LogP contribution is -2.06. The van der Waals surface area contributed by atoms with Crippen LogP contribution in [0.15, 0.2) is 36.1 Å². The van der Waals surface area contributed by atoms with Gasteiger partial charge >= 0.3 is 5.97 Å². The van der Waals surface area contributed by atoms with E-state index < -0.39 is 5.97 Å². The van der Waals surface area contributed by atoms with E-state index in [0.717, 1.165) is 0 Å². The standard InChI is InChI=1S/C13H11ClO4/c1-2-17-13(16)8-5-11(15)10-6-9(14)3-4-12(10)18-7-8/h3-7,15H,2H2,1H3. The average Bonchev–Trinajstić information content (AvgIpc) is 2.50. The first-order valence-corrected chi connectivity index (χ1v) is 5.74. The lowest BCUT2D eigenvalue weighted by atomic mass is 10.1. The summed E-state index contributed by atoms with van der Waals surface area (Å²) < 4.78 is 10.2. The van der Waals surface area contributed by atoms with Crippen LogP contribution in [0.2, 0.25) is 5.02 Å². The Balaban J connectivity index is 2.38. The topological polar surface area (TPSA) is 55.8 Å². The highest BCUT2D eigenvalue weighted by atomic mass is 35.5. The summed E-state index contributed by atoms with van der Waals surface area (Å²) in [4.78, 5) is 11.6. The number of hydrogen-bond donors (Lipinski definition) is 1. The van der Waals surface area contributed by atoms with E-state index in [2.05, 4.69) is 0 Å². The number of rotatable bonds is 2. The van der Waals surface area contributed by atoms with Crippen molar-refractivity contribution in [2.45, 2.75) is 6.92 Å². The minimum absolute atomic E-state index is 0.0932. The first-order chi connectivity index (χ1) is 8.61. The Hall–Kier alpha value is -1.94. The smallest absolute Gasteiger partial charge is 0.341 e. The molecular formula is C13H11ClO4. The van der Waals surface area contributed by atoms with Crippen molar-refractivity contribution in [1.82, 2.24) is 0 Å². The molecule has 0 saturated heterocycles. The summed E-state index contributed by atoms with van der Waals surface area (Å²) in [7, 11) is 0. The number of benzene rings is 1. The van der Waals surface area contributed by atoms with Crippen molar-refractivity contribution in [3.63, 3.8) is 0 Å². The van der Waals surface area contributed by atoms with E-state index in [9.17, 15) is 9.90 Å². The first-order valence-electron chi connectivity index (χ1n) is 5.36. The maximum absolute atomic E-state index is 11.6. The fourth-order valence-electron chi connectivity index (χ4n) is 1.51. The number of fused-ring (bicyclic) bond motifs is 1. The summed E-state index contributed by atoms with van der Waals surface area (Å²) in [6.45, 7) is 1.96. The van der Waals surface area contributed by atoms with Gasteiger partial charge < -0.3 is 14.6 Å². The molecule has 0 spiro atoms. The lowest BCUT2D eigenvalue weighted by Gasteiger charge is -2.05. The minimum atomic E-state index is -0.553. The number of carbonyl (C=O) groups excluding carboxylic acids is 1. The highest BCUT2D eigenvalue weighted by Crippen LogP contribution is 2.31. The van der Waals surface area contributed by atoms with E-state index >= 15 is 0 Å². The van der Waals surface area contributed by atoms with E-state index in [1.165, 1.54) is 12.3 Å². The Morgan fingerprint density at radius 3 is 3.00 bits per heavy atom. The van der Waals surface area contributed by atoms with Gasteiger partial charge in [-0.05, 0) is 31.2 Å². The van der Waals surface area contributed by atoms with Crippen LogP contribution < -0.4 is 4.74 Å². The van der Waals surface area contributed by atoms with Crippen LogP contribution in [-0.2, 0) is 9.53 Å². The summed E-state index contributed by atoms with van der Waals surface area (Å²) in [6, 6.07) is 4.81. The molecule has 1 aliphatic rings. The van der Waals surface area contributed by atoms with Crippen molar-refractivity contribution < 1.29 is 19.4 Å². The summed E-state index contributed by atoms with van der Waals surface area (Å²) in [5, 5.41) is 10.4. The molecule has 0 radical (unpaired) electrons. The van der Waals surface area contributed by atoms with Gasteiger partial charge in [-0.15, -0.1) is 0 Å². The number of carbonyl (C=O) groups is 1. The molecule has 0 atom stereocenters. The van der Waals surface area contributed by atoms with Gasteiger partial charge in [0.05, 0.1) is 17.7 Å². The van der Waals surface area contributed by atoms with Gasteiger partial charge in [-0.3, -0.25) is 0 Å². The van der Waals surface area contributed by atoms with Gasteiger partial charge in [0.15, 0.2) is 0 Å². The quantitative estimate of drug-likeness (QED) is 0.836. The second-order valence-electron chi connectivity index (χ2n) is 3.58. The molecule has 94 valence electrons. The van der Waals surface area contributed by atoms with Crippen LogP contribution in [0.3, 0.4) is 0 Å². The SMILES string of the molecule is CCOC(=O)C1=COc2ccc(Cl)cc2C(O)=C1. The van der Waals surface area contributed by atoms with Crippen molar-refractivity contribution in [1.29, 1.82) is 0 Å². The Labute approximate surface area is 109 Å². The Morgan fingerprint density at radius 1 is 1.50 bits per heavy atom. The van der Waals surface area contributed by atoms with Gasteiger partial charge in [-0.25, -0.2) is 4.79 Å². The number of ether oxygens (including phenoxy) is 2. The van der Waals surface area contributed by atoms with Crippen LogP contribution in [0.25, 0.3) is 5.76 Å². The molecule has 1 N–H and O–H groups in total. The van der Waals surface area contributed by atoms with Gasteiger partial charge in [0.2, 0.25) is 0 Å². The predicted octanol–water partition coefficient (Wildman–Crippen LogP) is 3.08. The summed E-state index contributed by atoms with van der Waals surface area (Å²) in [5.41, 5.74) is 0.569. The largest absolute Gasteiger partial charge is 0.507 e. The summed E-state index contributed by atoms with van der Waals surface area (Å²) in [6.07, 6.45) is 2.54. The molecule has 1 aromatic carbocycles. The number of halogens is 1. The Kier molecular flexibility index (Phi) is 3.58. The second kappa shape index (κ2) is 5.14. The average molecular weight is 267 g/mol. The molecular weight excluding hydrogens is 256 g/mol. The molecule has 5 heteroatoms. The third kappa shape index (κ3) is 2.49. The Bertz CT molecular complexity index is 546. The molecule has 0 aromatic heterocycles. The van der Waals surface area contributed by atoms with Crippen LogP contribution in [0.1, 0.15) is 12.5 Å². The molecule has 18 heavy (non-hydrogen) atoms. The number of esters is 1. The molecule has 0 unspecified atom stereocenters. The number of hydrogen-bond acceptors (Lipinski definition) is 4. The number of aliphatic hydroxyl groups is 1. The molecule has 1 aliphatic heterocycles. The van der Waals surface area contributed by atoms with E-state index in [1.807, 2.05) is 0 Å². The molecule has 0 bridgehead atoms. The second-order valence-corrected chi connectivity index (χ2v) is 4.02. The van der Waals surface area contributed by atoms with E-state index in [1.54, 1.807) is 25.1 Å². The van der Waals surface area contributed by atoms with Crippen LogP contribution in [0, 0.1) is 0 Å². The maximum Gasteiger partial charge on any atom is 0.341 e. The number of aliphatic hydroxyl groups excluding tert-OH is 1. The zero-order valence-corrected chi connectivity index (χ0v) is 10.4. The molecule has 0 amide bonds. The van der Waals surface area contributed by atoms with Crippen molar-refractivity contribution in [3.8, 4) is 5.75 Å². The van der Waals surface area contributed by atoms with Crippen molar-refractivity contribution in [3.05, 3.63) is 46.7 Å². The van der Waals surface area contributed by atoms with Gasteiger partial charge in [0.1, 0.15) is 17.8 Å². The van der Waals surface area contributed by atoms with Crippen LogP contribution >= 0.6 is 11.6 Å². The molecule has 1 heterocycles. The zero-order valence-electron chi connectivity index (χ0n) is 9.64. The normalized spacial score (nSPS) is 13.7. The molecule has 1 aromatic rings. The van der Waals surface area contributed by atoms with Gasteiger partial charge in [0.25, 0.3) is 0 Å². The van der Waals surface area contributed by atoms with E-state index in [0.29, 0.717) is 16.3 Å². The van der Waals surface area contributed by atoms with Crippen molar-refractivity contribution >= 4 is 23.3 Å². The van der Waals surface area contributed by atoms with Crippen LogP contribution in [0.4, 0.5) is 0 Å². The zero-order chi connectivity index (χ0) is 13.1. The fourth-order valence-corrected chi connectivity index (χ4v) is 1.68.